The summed E-state index contributed by atoms with van der Waals surface area (Å²) in [4.78, 5) is 4.72. The maximum atomic E-state index is 5.43. The minimum absolute atomic E-state index is 0.770. The first kappa shape index (κ1) is 21.1. The molecule has 0 aliphatic carbocycles. The van der Waals surface area contributed by atoms with Crippen molar-refractivity contribution in [1.82, 2.24) is 25.4 Å². The molecule has 2 heterocycles. The Morgan fingerprint density at radius 2 is 2.03 bits per heavy atom. The summed E-state index contributed by atoms with van der Waals surface area (Å²) < 4.78 is 7.75. The van der Waals surface area contributed by atoms with Crippen molar-refractivity contribution in [2.24, 2.45) is 4.99 Å². The number of aliphatic imine (C=N–C) groups is 1. The van der Waals surface area contributed by atoms with E-state index in [1.165, 1.54) is 24.8 Å². The molecule has 2 aromatic rings. The van der Waals surface area contributed by atoms with Crippen LogP contribution in [0.1, 0.15) is 49.8 Å². The van der Waals surface area contributed by atoms with Crippen molar-refractivity contribution in [3.63, 3.8) is 0 Å². The second kappa shape index (κ2) is 11.4. The molecule has 1 aromatic heterocycles. The van der Waals surface area contributed by atoms with Gasteiger partial charge in [-0.3, -0.25) is 4.99 Å². The van der Waals surface area contributed by atoms with Gasteiger partial charge >= 0.3 is 0 Å². The number of methoxy groups -OCH3 is 1. The van der Waals surface area contributed by atoms with E-state index in [-0.39, 0.29) is 0 Å². The highest BCUT2D eigenvalue weighted by molar-refractivity contribution is 5.79. The van der Waals surface area contributed by atoms with Gasteiger partial charge < -0.3 is 19.9 Å². The summed E-state index contributed by atoms with van der Waals surface area (Å²) in [5, 5.41) is 15.5. The first-order valence-corrected chi connectivity index (χ1v) is 10.9. The minimum atomic E-state index is 0.770. The van der Waals surface area contributed by atoms with Crippen LogP contribution in [0.3, 0.4) is 0 Å². The van der Waals surface area contributed by atoms with Gasteiger partial charge in [0.15, 0.2) is 5.96 Å². The average molecular weight is 399 g/mol. The minimum Gasteiger partial charge on any atom is -0.496 e. The summed E-state index contributed by atoms with van der Waals surface area (Å²) in [5.74, 6) is 4.07. The molecule has 7 heteroatoms. The molecule has 2 N–H and O–H groups in total. The van der Waals surface area contributed by atoms with Crippen molar-refractivity contribution in [1.29, 1.82) is 0 Å². The quantitative estimate of drug-likeness (QED) is 0.386. The van der Waals surface area contributed by atoms with E-state index >= 15 is 0 Å². The maximum absolute atomic E-state index is 5.43. The highest BCUT2D eigenvalue weighted by Crippen LogP contribution is 2.17. The number of guanidine groups is 1. The van der Waals surface area contributed by atoms with Crippen LogP contribution in [0, 0.1) is 0 Å². The molecule has 0 saturated carbocycles. The van der Waals surface area contributed by atoms with Gasteiger partial charge in [0.05, 0.1) is 7.11 Å². The number of ether oxygens (including phenoxy) is 1. The van der Waals surface area contributed by atoms with Crippen LogP contribution in [0.5, 0.6) is 5.75 Å². The number of para-hydroxylation sites is 1. The van der Waals surface area contributed by atoms with Crippen LogP contribution >= 0.6 is 0 Å². The molecule has 0 spiro atoms. The van der Waals surface area contributed by atoms with Crippen LogP contribution in [-0.4, -0.2) is 47.5 Å². The zero-order chi connectivity index (χ0) is 20.3. The number of aromatic nitrogens is 3. The van der Waals surface area contributed by atoms with E-state index in [4.69, 9.17) is 9.73 Å². The molecule has 0 fully saturated rings. The van der Waals surface area contributed by atoms with Crippen molar-refractivity contribution in [2.75, 3.05) is 26.7 Å². The zero-order valence-corrected chi connectivity index (χ0v) is 17.8. The third-order valence-corrected chi connectivity index (χ3v) is 5.24. The van der Waals surface area contributed by atoms with Gasteiger partial charge in [0.1, 0.15) is 17.4 Å². The molecule has 1 aliphatic heterocycles. The van der Waals surface area contributed by atoms with Crippen molar-refractivity contribution in [3.8, 4) is 5.75 Å². The van der Waals surface area contributed by atoms with Crippen LogP contribution in [-0.2, 0) is 25.8 Å². The van der Waals surface area contributed by atoms with E-state index in [0.717, 1.165) is 75.2 Å². The Morgan fingerprint density at radius 1 is 1.14 bits per heavy atom. The Morgan fingerprint density at radius 3 is 2.90 bits per heavy atom. The van der Waals surface area contributed by atoms with E-state index in [0.29, 0.717) is 0 Å². The SMILES string of the molecule is CCNC(=NCCCc1nnc2n1CCCCC2)NCCc1ccccc1OC. The lowest BCUT2D eigenvalue weighted by molar-refractivity contribution is 0.409. The smallest absolute Gasteiger partial charge is 0.191 e. The summed E-state index contributed by atoms with van der Waals surface area (Å²) in [6, 6.07) is 8.14. The van der Waals surface area contributed by atoms with Crippen LogP contribution in [0.4, 0.5) is 0 Å². The lowest BCUT2D eigenvalue weighted by Crippen LogP contribution is -2.38. The normalized spacial score (nSPS) is 14.2. The molecule has 0 unspecified atom stereocenters. The molecule has 0 saturated heterocycles. The lowest BCUT2D eigenvalue weighted by atomic mass is 10.1. The fraction of sp³-hybridized carbons (Fsp3) is 0.591. The Bertz CT molecular complexity index is 785. The third-order valence-electron chi connectivity index (χ3n) is 5.24. The van der Waals surface area contributed by atoms with Crippen molar-refractivity contribution in [2.45, 2.75) is 58.4 Å². The number of nitrogens with zero attached hydrogens (tertiary/aromatic N) is 4. The number of benzene rings is 1. The maximum Gasteiger partial charge on any atom is 0.191 e. The molecule has 0 amide bonds. The Balaban J connectivity index is 1.46. The highest BCUT2D eigenvalue weighted by atomic mass is 16.5. The van der Waals surface area contributed by atoms with E-state index in [1.807, 2.05) is 18.2 Å². The number of fused-ring (bicyclic) bond motifs is 1. The highest BCUT2D eigenvalue weighted by Gasteiger charge is 2.14. The standard InChI is InChI=1S/C22H34N6O/c1-3-23-22(25-16-14-18-10-6-7-11-19(18)29-2)24-15-9-13-21-27-26-20-12-5-4-8-17-28(20)21/h6-7,10-11H,3-5,8-9,12-17H2,1-2H3,(H2,23,24,25). The van der Waals surface area contributed by atoms with E-state index in [2.05, 4.69) is 38.4 Å². The van der Waals surface area contributed by atoms with E-state index in [1.54, 1.807) is 7.11 Å². The first-order valence-electron chi connectivity index (χ1n) is 10.9. The fourth-order valence-corrected chi connectivity index (χ4v) is 3.73. The van der Waals surface area contributed by atoms with E-state index in [9.17, 15) is 0 Å². The summed E-state index contributed by atoms with van der Waals surface area (Å²) in [7, 11) is 1.71. The topological polar surface area (TPSA) is 76.4 Å². The third kappa shape index (κ3) is 6.21. The largest absolute Gasteiger partial charge is 0.496 e. The molecule has 29 heavy (non-hydrogen) atoms. The second-order valence-electron chi connectivity index (χ2n) is 7.35. The van der Waals surface area contributed by atoms with E-state index < -0.39 is 0 Å². The van der Waals surface area contributed by atoms with Gasteiger partial charge in [-0.25, -0.2) is 0 Å². The van der Waals surface area contributed by atoms with Gasteiger partial charge in [0, 0.05) is 39.0 Å². The molecular formula is C22H34N6O. The predicted octanol–water partition coefficient (Wildman–Crippen LogP) is 2.74. The van der Waals surface area contributed by atoms with Gasteiger partial charge in [-0.2, -0.15) is 0 Å². The summed E-state index contributed by atoms with van der Waals surface area (Å²) in [5.41, 5.74) is 1.20. The molecule has 0 atom stereocenters. The molecular weight excluding hydrogens is 364 g/mol. The van der Waals surface area contributed by atoms with Crippen LogP contribution in [0.15, 0.2) is 29.3 Å². The Kier molecular flexibility index (Phi) is 8.34. The van der Waals surface area contributed by atoms with Crippen molar-refractivity contribution < 1.29 is 4.74 Å². The molecule has 3 rings (SSSR count). The van der Waals surface area contributed by atoms with Crippen LogP contribution in [0.2, 0.25) is 0 Å². The number of hydrogen-bond acceptors (Lipinski definition) is 4. The fourth-order valence-electron chi connectivity index (χ4n) is 3.73. The molecule has 0 bridgehead atoms. The molecule has 1 aliphatic rings. The van der Waals surface area contributed by atoms with Crippen LogP contribution in [0.25, 0.3) is 0 Å². The molecule has 1 aromatic carbocycles. The average Bonchev–Trinajstić information content (AvgIpc) is 2.97. The summed E-state index contributed by atoms with van der Waals surface area (Å²) in [6.07, 6.45) is 7.61. The second-order valence-corrected chi connectivity index (χ2v) is 7.35. The van der Waals surface area contributed by atoms with Gasteiger partial charge in [-0.1, -0.05) is 24.6 Å². The number of hydrogen-bond donors (Lipinski definition) is 2. The first-order chi connectivity index (χ1) is 14.3. The number of nitrogens with one attached hydrogen (secondary N) is 2. The number of aryl methyl sites for hydroxylation is 2. The molecule has 158 valence electrons. The monoisotopic (exact) mass is 398 g/mol. The zero-order valence-electron chi connectivity index (χ0n) is 17.8. The van der Waals surface area contributed by atoms with Gasteiger partial charge in [0.25, 0.3) is 0 Å². The van der Waals surface area contributed by atoms with Crippen LogP contribution < -0.4 is 15.4 Å². The number of rotatable bonds is 9. The van der Waals surface area contributed by atoms with Gasteiger partial charge in [-0.15, -0.1) is 10.2 Å². The van der Waals surface area contributed by atoms with Gasteiger partial charge in [0.2, 0.25) is 0 Å². The molecule has 0 radical (unpaired) electrons. The Labute approximate surface area is 174 Å². The van der Waals surface area contributed by atoms with Gasteiger partial charge in [-0.05, 0) is 44.2 Å². The Hall–Kier alpha value is -2.57. The summed E-state index contributed by atoms with van der Waals surface area (Å²) >= 11 is 0. The van der Waals surface area contributed by atoms with Crippen molar-refractivity contribution in [3.05, 3.63) is 41.5 Å². The lowest BCUT2D eigenvalue weighted by Gasteiger charge is -2.13. The predicted molar refractivity (Wildman–Crippen MR) is 117 cm³/mol. The summed E-state index contributed by atoms with van der Waals surface area (Å²) in [6.45, 7) is 5.57. The van der Waals surface area contributed by atoms with Crippen molar-refractivity contribution >= 4 is 5.96 Å². The molecule has 7 nitrogen and oxygen atoms in total.